The molecule has 0 N–H and O–H groups in total. The number of benzene rings is 4. The molecule has 0 saturated carbocycles. The largest absolute Gasteiger partial charge is 0.489 e. The minimum atomic E-state index is -4.55. The third kappa shape index (κ3) is 5.24. The Hall–Kier alpha value is -3.48. The molecule has 0 aliphatic carbocycles. The van der Waals surface area contributed by atoms with Gasteiger partial charge in [-0.1, -0.05) is 71.7 Å². The van der Waals surface area contributed by atoms with Crippen LogP contribution < -0.4 is 4.74 Å². The van der Waals surface area contributed by atoms with Crippen molar-refractivity contribution in [3.05, 3.63) is 117 Å². The van der Waals surface area contributed by atoms with E-state index in [2.05, 4.69) is 5.10 Å². The van der Waals surface area contributed by atoms with Gasteiger partial charge in [0.2, 0.25) is 0 Å². The number of ether oxygens (including phenoxy) is 1. The van der Waals surface area contributed by atoms with Crippen LogP contribution in [0.1, 0.15) is 27.8 Å². The van der Waals surface area contributed by atoms with E-state index in [9.17, 15) is 13.2 Å². The first kappa shape index (κ1) is 26.1. The molecular weight excluding hydrogens is 532 g/mol. The van der Waals surface area contributed by atoms with Crippen LogP contribution in [0.2, 0.25) is 10.0 Å². The molecule has 0 bridgehead atoms. The summed E-state index contributed by atoms with van der Waals surface area (Å²) in [6.07, 6.45) is -4.55. The molecule has 5 rings (SSSR count). The van der Waals surface area contributed by atoms with Gasteiger partial charge in [-0.15, -0.1) is 0 Å². The molecule has 0 amide bonds. The zero-order chi connectivity index (χ0) is 27.0. The van der Waals surface area contributed by atoms with Crippen LogP contribution in [0.3, 0.4) is 0 Å². The summed E-state index contributed by atoms with van der Waals surface area (Å²) in [5.74, 6) is 0.600. The van der Waals surface area contributed by atoms with Gasteiger partial charge in [0.25, 0.3) is 0 Å². The molecule has 0 radical (unpaired) electrons. The van der Waals surface area contributed by atoms with Crippen molar-refractivity contribution >= 4 is 34.1 Å². The molecule has 4 aromatic carbocycles. The molecule has 0 fully saturated rings. The lowest BCUT2D eigenvalue weighted by Crippen LogP contribution is -2.07. The number of aryl methyl sites for hydroxylation is 2. The number of hydrogen-bond donors (Lipinski definition) is 0. The predicted octanol–water partition coefficient (Wildman–Crippen LogP) is 9.27. The van der Waals surface area contributed by atoms with E-state index >= 15 is 0 Å². The number of hydrogen-bond acceptors (Lipinski definition) is 2. The molecule has 5 aromatic rings. The number of fused-ring (bicyclic) bond motifs is 1. The maximum absolute atomic E-state index is 13.9. The first-order chi connectivity index (χ1) is 18.1. The Morgan fingerprint density at radius 2 is 1.58 bits per heavy atom. The maximum atomic E-state index is 13.9. The molecule has 0 unspecified atom stereocenters. The van der Waals surface area contributed by atoms with Crippen molar-refractivity contribution in [2.24, 2.45) is 0 Å². The quantitative estimate of drug-likeness (QED) is 0.209. The highest BCUT2D eigenvalue weighted by Gasteiger charge is 2.34. The molecule has 38 heavy (non-hydrogen) atoms. The third-order valence-corrected chi connectivity index (χ3v) is 7.13. The lowest BCUT2D eigenvalue weighted by molar-refractivity contribution is -0.136. The van der Waals surface area contributed by atoms with Gasteiger partial charge in [-0.05, 0) is 66.4 Å². The number of alkyl halides is 3. The van der Waals surface area contributed by atoms with Crippen LogP contribution >= 0.6 is 23.2 Å². The highest BCUT2D eigenvalue weighted by Crippen LogP contribution is 2.39. The molecule has 0 aliphatic rings. The summed E-state index contributed by atoms with van der Waals surface area (Å²) in [6, 6.07) is 22.5. The van der Waals surface area contributed by atoms with Crippen molar-refractivity contribution in [3.8, 4) is 17.0 Å². The first-order valence-corrected chi connectivity index (χ1v) is 12.7. The smallest absolute Gasteiger partial charge is 0.418 e. The summed E-state index contributed by atoms with van der Waals surface area (Å²) in [4.78, 5) is 0. The minimum absolute atomic E-state index is 0.123. The van der Waals surface area contributed by atoms with Gasteiger partial charge < -0.3 is 4.74 Å². The maximum Gasteiger partial charge on any atom is 0.418 e. The number of aromatic nitrogens is 2. The molecule has 8 heteroatoms. The Kier molecular flexibility index (Phi) is 7.12. The highest BCUT2D eigenvalue weighted by molar-refractivity contribution is 6.35. The van der Waals surface area contributed by atoms with Crippen LogP contribution in [0.15, 0.2) is 78.9 Å². The van der Waals surface area contributed by atoms with Crippen LogP contribution in [0.4, 0.5) is 13.2 Å². The molecule has 1 heterocycles. The fourth-order valence-corrected chi connectivity index (χ4v) is 5.04. The van der Waals surface area contributed by atoms with Crippen molar-refractivity contribution < 1.29 is 17.9 Å². The van der Waals surface area contributed by atoms with Gasteiger partial charge in [-0.25, -0.2) is 0 Å². The van der Waals surface area contributed by atoms with E-state index < -0.39 is 11.7 Å². The van der Waals surface area contributed by atoms with Crippen LogP contribution in [0.5, 0.6) is 5.75 Å². The third-order valence-electron chi connectivity index (χ3n) is 6.55. The molecule has 0 aliphatic heterocycles. The SMILES string of the molecule is Cc1cccc(C)c1COc1cccc(-c2c3cccc(C(F)(F)F)c3nn2Cc2ccc(Cl)cc2Cl)c1. The van der Waals surface area contributed by atoms with E-state index in [0.29, 0.717) is 44.6 Å². The molecule has 0 atom stereocenters. The van der Waals surface area contributed by atoms with E-state index in [-0.39, 0.29) is 12.1 Å². The summed E-state index contributed by atoms with van der Waals surface area (Å²) >= 11 is 12.5. The Morgan fingerprint density at radius 1 is 0.868 bits per heavy atom. The fourth-order valence-electron chi connectivity index (χ4n) is 4.58. The number of rotatable bonds is 6. The zero-order valence-corrected chi connectivity index (χ0v) is 22.1. The second-order valence-corrected chi connectivity index (χ2v) is 9.97. The van der Waals surface area contributed by atoms with Crippen LogP contribution in [0, 0.1) is 13.8 Å². The summed E-state index contributed by atoms with van der Waals surface area (Å²) in [6.45, 7) is 4.60. The Morgan fingerprint density at radius 3 is 2.29 bits per heavy atom. The summed E-state index contributed by atoms with van der Waals surface area (Å²) in [7, 11) is 0. The lowest BCUT2D eigenvalue weighted by Gasteiger charge is -2.13. The predicted molar refractivity (Wildman–Crippen MR) is 146 cm³/mol. The second kappa shape index (κ2) is 10.4. The average Bonchev–Trinajstić information content (AvgIpc) is 3.23. The van der Waals surface area contributed by atoms with Crippen LogP contribution in [-0.4, -0.2) is 9.78 Å². The summed E-state index contributed by atoms with van der Waals surface area (Å²) in [5, 5.41) is 5.69. The molecule has 0 spiro atoms. The van der Waals surface area contributed by atoms with Crippen molar-refractivity contribution in [2.75, 3.05) is 0 Å². The molecule has 3 nitrogen and oxygen atoms in total. The van der Waals surface area contributed by atoms with Crippen molar-refractivity contribution in [1.82, 2.24) is 9.78 Å². The van der Waals surface area contributed by atoms with Crippen molar-refractivity contribution in [3.63, 3.8) is 0 Å². The normalized spacial score (nSPS) is 11.8. The van der Waals surface area contributed by atoms with Crippen molar-refractivity contribution in [1.29, 1.82) is 0 Å². The minimum Gasteiger partial charge on any atom is -0.489 e. The lowest BCUT2D eigenvalue weighted by atomic mass is 10.0. The summed E-state index contributed by atoms with van der Waals surface area (Å²) in [5.41, 5.74) is 4.34. The van der Waals surface area contributed by atoms with E-state index in [4.69, 9.17) is 27.9 Å². The molecule has 1 aromatic heterocycles. The Bertz CT molecular complexity index is 1620. The van der Waals surface area contributed by atoms with Gasteiger partial charge in [-0.2, -0.15) is 18.3 Å². The van der Waals surface area contributed by atoms with Crippen LogP contribution in [-0.2, 0) is 19.3 Å². The zero-order valence-electron chi connectivity index (χ0n) is 20.6. The molecule has 0 saturated heterocycles. The van der Waals surface area contributed by atoms with E-state index in [0.717, 1.165) is 22.8 Å². The van der Waals surface area contributed by atoms with Gasteiger partial charge >= 0.3 is 6.18 Å². The Labute approximate surface area is 228 Å². The standard InChI is InChI=1S/C30H23Cl2F3N2O/c1-18-6-3-7-19(2)25(18)17-38-23-9-4-8-20(14-23)29-24-10-5-11-26(30(33,34)35)28(24)36-37(29)16-21-12-13-22(31)15-27(21)32/h3-15H,16-17H2,1-2H3. The average molecular weight is 555 g/mol. The van der Waals surface area contributed by atoms with Crippen molar-refractivity contribution in [2.45, 2.75) is 33.2 Å². The Balaban J connectivity index is 1.60. The number of nitrogens with zero attached hydrogens (tertiary/aromatic N) is 2. The van der Waals surface area contributed by atoms with Gasteiger partial charge in [0, 0.05) is 21.0 Å². The molecular formula is C30H23Cl2F3N2O. The number of halogens is 5. The second-order valence-electron chi connectivity index (χ2n) is 9.13. The van der Waals surface area contributed by atoms with Gasteiger partial charge in [0.15, 0.2) is 0 Å². The van der Waals surface area contributed by atoms with E-state index in [1.807, 2.05) is 56.3 Å². The fraction of sp³-hybridized carbons (Fsp3) is 0.167. The van der Waals surface area contributed by atoms with Crippen LogP contribution in [0.25, 0.3) is 22.2 Å². The molecule has 194 valence electrons. The van der Waals surface area contributed by atoms with E-state index in [1.54, 1.807) is 28.9 Å². The van der Waals surface area contributed by atoms with Gasteiger partial charge in [0.05, 0.1) is 17.8 Å². The summed E-state index contributed by atoms with van der Waals surface area (Å²) < 4.78 is 49.3. The highest BCUT2D eigenvalue weighted by atomic mass is 35.5. The van der Waals surface area contributed by atoms with E-state index in [1.165, 1.54) is 6.07 Å². The van der Waals surface area contributed by atoms with Gasteiger partial charge in [0.1, 0.15) is 17.9 Å². The topological polar surface area (TPSA) is 27.1 Å². The first-order valence-electron chi connectivity index (χ1n) is 11.9. The van der Waals surface area contributed by atoms with Gasteiger partial charge in [-0.3, -0.25) is 4.68 Å². The monoisotopic (exact) mass is 554 g/mol.